The first-order valence-electron chi connectivity index (χ1n) is 5.53. The van der Waals surface area contributed by atoms with Gasteiger partial charge >= 0.3 is 6.18 Å². The van der Waals surface area contributed by atoms with Crippen molar-refractivity contribution in [2.45, 2.75) is 13.1 Å². The summed E-state index contributed by atoms with van der Waals surface area (Å²) in [6, 6.07) is 6.31. The minimum absolute atomic E-state index is 0.106. The largest absolute Gasteiger partial charge is 0.422 e. The van der Waals surface area contributed by atoms with Crippen LogP contribution in [-0.4, -0.2) is 0 Å². The van der Waals surface area contributed by atoms with Gasteiger partial charge in [-0.3, -0.25) is 0 Å². The Morgan fingerprint density at radius 3 is 2.10 bits per heavy atom. The molecule has 2 aromatic rings. The summed E-state index contributed by atoms with van der Waals surface area (Å²) < 4.78 is 78.0. The van der Waals surface area contributed by atoms with E-state index in [0.717, 1.165) is 0 Å². The molecule has 0 unspecified atom stereocenters. The highest BCUT2D eigenvalue weighted by Crippen LogP contribution is 2.37. The zero-order valence-corrected chi connectivity index (χ0v) is 10.2. The highest BCUT2D eigenvalue weighted by atomic mass is 19.4. The maximum atomic E-state index is 13.7. The van der Waals surface area contributed by atoms with Gasteiger partial charge in [0.25, 0.3) is 0 Å². The molecule has 0 amide bonds. The van der Waals surface area contributed by atoms with Crippen molar-refractivity contribution in [2.75, 3.05) is 0 Å². The van der Waals surface area contributed by atoms with Crippen molar-refractivity contribution < 1.29 is 26.3 Å². The molecule has 0 bridgehead atoms. The van der Waals surface area contributed by atoms with Gasteiger partial charge in [0, 0.05) is 5.56 Å². The molecule has 2 aromatic carbocycles. The minimum Gasteiger partial charge on any atom is -0.206 e. The molecule has 0 fully saturated rings. The number of halogens is 6. The van der Waals surface area contributed by atoms with Crippen LogP contribution in [0.1, 0.15) is 11.1 Å². The summed E-state index contributed by atoms with van der Waals surface area (Å²) in [5.74, 6) is -5.79. The number of benzene rings is 2. The monoisotopic (exact) mass is 290 g/mol. The second-order valence-electron chi connectivity index (χ2n) is 4.28. The van der Waals surface area contributed by atoms with Gasteiger partial charge in [0.1, 0.15) is 11.4 Å². The van der Waals surface area contributed by atoms with E-state index >= 15 is 0 Å². The topological polar surface area (TPSA) is 0 Å². The molecule has 106 valence electrons. The number of hydrogen-bond acceptors (Lipinski definition) is 0. The summed E-state index contributed by atoms with van der Waals surface area (Å²) in [6.45, 7) is 1.66. The fourth-order valence-corrected chi connectivity index (χ4v) is 1.88. The maximum Gasteiger partial charge on any atom is 0.422 e. The van der Waals surface area contributed by atoms with Crippen LogP contribution in [0.25, 0.3) is 11.1 Å². The van der Waals surface area contributed by atoms with Crippen LogP contribution in [0, 0.1) is 24.4 Å². The van der Waals surface area contributed by atoms with Crippen LogP contribution in [0.2, 0.25) is 0 Å². The van der Waals surface area contributed by atoms with Crippen molar-refractivity contribution in [1.29, 1.82) is 0 Å². The molecule has 0 aromatic heterocycles. The van der Waals surface area contributed by atoms with Crippen molar-refractivity contribution in [3.63, 3.8) is 0 Å². The first-order valence-corrected chi connectivity index (χ1v) is 5.53. The van der Waals surface area contributed by atoms with Crippen LogP contribution in [-0.2, 0) is 6.18 Å². The second kappa shape index (κ2) is 4.85. The van der Waals surface area contributed by atoms with Crippen LogP contribution in [0.5, 0.6) is 0 Å². The molecule has 2 rings (SSSR count). The van der Waals surface area contributed by atoms with E-state index in [9.17, 15) is 26.3 Å². The molecule has 0 N–H and O–H groups in total. The molecule has 20 heavy (non-hydrogen) atoms. The predicted octanol–water partition coefficient (Wildman–Crippen LogP) is 5.10. The number of rotatable bonds is 1. The van der Waals surface area contributed by atoms with E-state index < -0.39 is 34.8 Å². The molecule has 0 radical (unpaired) electrons. The summed E-state index contributed by atoms with van der Waals surface area (Å²) in [5, 5.41) is 0. The number of hydrogen-bond donors (Lipinski definition) is 0. The van der Waals surface area contributed by atoms with Gasteiger partial charge in [0.15, 0.2) is 11.6 Å². The van der Waals surface area contributed by atoms with Crippen LogP contribution in [0.4, 0.5) is 26.3 Å². The van der Waals surface area contributed by atoms with E-state index in [-0.39, 0.29) is 5.56 Å². The van der Waals surface area contributed by atoms with Crippen LogP contribution < -0.4 is 0 Å². The van der Waals surface area contributed by atoms with E-state index in [4.69, 9.17) is 0 Å². The van der Waals surface area contributed by atoms with Gasteiger partial charge in [-0.15, -0.1) is 0 Å². The molecule has 0 aliphatic carbocycles. The SMILES string of the molecule is Cc1cccc(-c2cc(F)c(C(F)(F)F)c(F)c2F)c1. The van der Waals surface area contributed by atoms with Gasteiger partial charge in [0.2, 0.25) is 0 Å². The lowest BCUT2D eigenvalue weighted by Gasteiger charge is -2.13. The Balaban J connectivity index is 2.70. The lowest BCUT2D eigenvalue weighted by atomic mass is 10.0. The van der Waals surface area contributed by atoms with Crippen molar-refractivity contribution in [3.05, 3.63) is 58.9 Å². The highest BCUT2D eigenvalue weighted by molar-refractivity contribution is 5.65. The lowest BCUT2D eigenvalue weighted by molar-refractivity contribution is -0.142. The average Bonchev–Trinajstić information content (AvgIpc) is 2.32. The van der Waals surface area contributed by atoms with Crippen LogP contribution in [0.15, 0.2) is 30.3 Å². The molecule has 0 aliphatic rings. The Bertz CT molecular complexity index is 657. The van der Waals surface area contributed by atoms with Gasteiger partial charge in [-0.05, 0) is 18.6 Å². The van der Waals surface area contributed by atoms with Crippen molar-refractivity contribution in [1.82, 2.24) is 0 Å². The highest BCUT2D eigenvalue weighted by Gasteiger charge is 2.40. The van der Waals surface area contributed by atoms with Gasteiger partial charge in [-0.1, -0.05) is 29.8 Å². The third kappa shape index (κ3) is 2.50. The quantitative estimate of drug-likeness (QED) is 0.506. The minimum atomic E-state index is -5.29. The summed E-state index contributed by atoms with van der Waals surface area (Å²) in [5.41, 5.74) is -1.97. The van der Waals surface area contributed by atoms with Gasteiger partial charge in [-0.25, -0.2) is 13.2 Å². The van der Waals surface area contributed by atoms with Gasteiger partial charge in [-0.2, -0.15) is 13.2 Å². The molecule has 0 aliphatic heterocycles. The third-order valence-electron chi connectivity index (χ3n) is 2.77. The Morgan fingerprint density at radius 1 is 0.900 bits per heavy atom. The molecule has 0 atom stereocenters. The van der Waals surface area contributed by atoms with E-state index in [1.807, 2.05) is 0 Å². The maximum absolute atomic E-state index is 13.7. The zero-order chi connectivity index (χ0) is 15.1. The average molecular weight is 290 g/mol. The Morgan fingerprint density at radius 2 is 1.55 bits per heavy atom. The molecule has 0 saturated carbocycles. The smallest absolute Gasteiger partial charge is 0.206 e. The molecule has 0 spiro atoms. The fraction of sp³-hybridized carbons (Fsp3) is 0.143. The molecular formula is C14H8F6. The summed E-state index contributed by atoms with van der Waals surface area (Å²) in [4.78, 5) is 0. The Labute approximate surface area is 110 Å². The van der Waals surface area contributed by atoms with E-state index in [2.05, 4.69) is 0 Å². The van der Waals surface area contributed by atoms with Crippen molar-refractivity contribution in [3.8, 4) is 11.1 Å². The van der Waals surface area contributed by atoms with Gasteiger partial charge < -0.3 is 0 Å². The normalized spacial score (nSPS) is 11.8. The molecule has 0 heterocycles. The Kier molecular flexibility index (Phi) is 3.50. The lowest BCUT2D eigenvalue weighted by Crippen LogP contribution is -2.13. The van der Waals surface area contributed by atoms with Gasteiger partial charge in [0.05, 0.1) is 0 Å². The fourth-order valence-electron chi connectivity index (χ4n) is 1.88. The molecule has 6 heteroatoms. The third-order valence-corrected chi connectivity index (χ3v) is 2.77. The molecule has 0 saturated heterocycles. The molecular weight excluding hydrogens is 282 g/mol. The first-order chi connectivity index (χ1) is 9.21. The number of alkyl halides is 3. The number of aryl methyl sites for hydroxylation is 1. The summed E-state index contributed by atoms with van der Waals surface area (Å²) in [7, 11) is 0. The zero-order valence-electron chi connectivity index (χ0n) is 10.2. The second-order valence-corrected chi connectivity index (χ2v) is 4.28. The van der Waals surface area contributed by atoms with Crippen LogP contribution in [0.3, 0.4) is 0 Å². The summed E-state index contributed by atoms with van der Waals surface area (Å²) >= 11 is 0. The van der Waals surface area contributed by atoms with Crippen molar-refractivity contribution in [2.24, 2.45) is 0 Å². The van der Waals surface area contributed by atoms with E-state index in [0.29, 0.717) is 11.6 Å². The standard InChI is InChI=1S/C14H8F6/c1-7-3-2-4-8(5-7)9-6-10(15)11(14(18,19)20)13(17)12(9)16/h2-6H,1H3. The van der Waals surface area contributed by atoms with Crippen molar-refractivity contribution >= 4 is 0 Å². The molecule has 0 nitrogen and oxygen atoms in total. The van der Waals surface area contributed by atoms with E-state index in [1.165, 1.54) is 18.2 Å². The summed E-state index contributed by atoms with van der Waals surface area (Å²) in [6.07, 6.45) is -5.29. The van der Waals surface area contributed by atoms with Crippen LogP contribution >= 0.6 is 0 Å². The Hall–Kier alpha value is -1.98. The predicted molar refractivity (Wildman–Crippen MR) is 61.5 cm³/mol. The first kappa shape index (κ1) is 14.4. The van der Waals surface area contributed by atoms with E-state index in [1.54, 1.807) is 13.0 Å².